The van der Waals surface area contributed by atoms with Gasteiger partial charge in [-0.25, -0.2) is 13.2 Å². The zero-order valence-electron chi connectivity index (χ0n) is 21.4. The fourth-order valence-electron chi connectivity index (χ4n) is 5.37. The number of sulfonamides is 1. The molecule has 0 bridgehead atoms. The molecular weight excluding hydrogens is 500 g/mol. The molecule has 2 atom stereocenters. The Morgan fingerprint density at radius 3 is 2.29 bits per heavy atom. The number of hydrogen-bond acceptors (Lipinski definition) is 5. The summed E-state index contributed by atoms with van der Waals surface area (Å²) in [5, 5.41) is 0. The van der Waals surface area contributed by atoms with Gasteiger partial charge in [0.2, 0.25) is 5.91 Å². The van der Waals surface area contributed by atoms with E-state index in [1.54, 1.807) is 74.6 Å². The topological polar surface area (TPSA) is 84.0 Å². The molecule has 2 aliphatic rings. The third kappa shape index (κ3) is 3.67. The number of hydrogen-bond donors (Lipinski definition) is 0. The number of anilines is 1. The van der Waals surface area contributed by atoms with Crippen LogP contribution in [-0.2, 0) is 29.8 Å². The summed E-state index contributed by atoms with van der Waals surface area (Å²) in [6.45, 7) is 7.62. The van der Waals surface area contributed by atoms with Gasteiger partial charge in [0.15, 0.2) is 0 Å². The third-order valence-corrected chi connectivity index (χ3v) is 8.95. The molecule has 2 aliphatic heterocycles. The Morgan fingerprint density at radius 1 is 1.00 bits per heavy atom. The molecule has 7 nitrogen and oxygen atoms in total. The normalized spacial score (nSPS) is 20.4. The summed E-state index contributed by atoms with van der Waals surface area (Å²) in [4.78, 5) is 28.9. The van der Waals surface area contributed by atoms with Gasteiger partial charge in [-0.1, -0.05) is 72.8 Å². The van der Waals surface area contributed by atoms with Crippen molar-refractivity contribution in [2.24, 2.45) is 0 Å². The summed E-state index contributed by atoms with van der Waals surface area (Å²) < 4.78 is 35.3. The van der Waals surface area contributed by atoms with Crippen LogP contribution in [0.15, 0.2) is 102 Å². The number of nitrogens with zero attached hydrogens (tertiary/aromatic N) is 2. The number of esters is 1. The van der Waals surface area contributed by atoms with Crippen LogP contribution in [0.3, 0.4) is 0 Å². The number of benzene rings is 3. The Morgan fingerprint density at radius 2 is 1.63 bits per heavy atom. The average molecular weight is 529 g/mol. The molecule has 5 rings (SSSR count). The second-order valence-electron chi connectivity index (χ2n) is 9.41. The van der Waals surface area contributed by atoms with E-state index in [1.807, 2.05) is 19.1 Å². The predicted molar refractivity (Wildman–Crippen MR) is 146 cm³/mol. The van der Waals surface area contributed by atoms with Crippen molar-refractivity contribution in [3.8, 4) is 0 Å². The first kappa shape index (κ1) is 25.5. The lowest BCUT2D eigenvalue weighted by Crippen LogP contribution is -2.53. The Labute approximate surface area is 222 Å². The van der Waals surface area contributed by atoms with E-state index in [-0.39, 0.29) is 23.0 Å². The van der Waals surface area contributed by atoms with Crippen molar-refractivity contribution < 1.29 is 22.7 Å². The number of carbonyl (C=O) groups is 2. The van der Waals surface area contributed by atoms with Crippen LogP contribution in [0.4, 0.5) is 5.69 Å². The quantitative estimate of drug-likeness (QED) is 0.349. The monoisotopic (exact) mass is 528 g/mol. The van der Waals surface area contributed by atoms with Gasteiger partial charge >= 0.3 is 5.97 Å². The first-order valence-corrected chi connectivity index (χ1v) is 13.7. The van der Waals surface area contributed by atoms with Crippen LogP contribution in [0.1, 0.15) is 23.6 Å². The Kier molecular flexibility index (Phi) is 6.23. The van der Waals surface area contributed by atoms with Gasteiger partial charge in [0.1, 0.15) is 5.41 Å². The number of para-hydroxylation sites is 1. The average Bonchev–Trinajstić information content (AvgIpc) is 3.39. The molecule has 8 heteroatoms. The summed E-state index contributed by atoms with van der Waals surface area (Å²) in [6.07, 6.45) is 1.67. The highest BCUT2D eigenvalue weighted by molar-refractivity contribution is 7.89. The van der Waals surface area contributed by atoms with Crippen molar-refractivity contribution in [2.75, 3.05) is 18.6 Å². The molecule has 1 spiro atoms. The molecule has 0 saturated carbocycles. The van der Waals surface area contributed by atoms with Gasteiger partial charge in [-0.05, 0) is 49.2 Å². The Balaban J connectivity index is 1.85. The summed E-state index contributed by atoms with van der Waals surface area (Å²) in [7, 11) is -2.63. The summed E-state index contributed by atoms with van der Waals surface area (Å²) in [6, 6.07) is 21.4. The fourth-order valence-corrected chi connectivity index (χ4v) is 7.06. The van der Waals surface area contributed by atoms with Crippen LogP contribution in [0.25, 0.3) is 5.70 Å². The Hall–Kier alpha value is -4.17. The van der Waals surface area contributed by atoms with Crippen molar-refractivity contribution in [3.05, 3.63) is 114 Å². The van der Waals surface area contributed by atoms with E-state index in [0.717, 1.165) is 5.56 Å². The molecule has 0 saturated heterocycles. The minimum atomic E-state index is -4.28. The van der Waals surface area contributed by atoms with Crippen LogP contribution in [0, 0.1) is 6.92 Å². The SMILES string of the molecule is C=C(C(=O)OCC)[C@H]1N(S(=O)(=O)c2ccc(C)cc2)C(c2ccccc2)=C[C@@]12C(=O)N(C)c1ccccc12. The van der Waals surface area contributed by atoms with Crippen molar-refractivity contribution >= 4 is 33.3 Å². The lowest BCUT2D eigenvalue weighted by Gasteiger charge is -2.36. The molecule has 1 amide bonds. The molecule has 3 aromatic rings. The third-order valence-electron chi connectivity index (χ3n) is 7.15. The van der Waals surface area contributed by atoms with Crippen LogP contribution >= 0.6 is 0 Å². The van der Waals surface area contributed by atoms with E-state index in [1.165, 1.54) is 21.3 Å². The van der Waals surface area contributed by atoms with Crippen molar-refractivity contribution in [1.29, 1.82) is 0 Å². The van der Waals surface area contributed by atoms with Crippen molar-refractivity contribution in [3.63, 3.8) is 0 Å². The van der Waals surface area contributed by atoms with Gasteiger partial charge in [0.25, 0.3) is 10.0 Å². The first-order valence-electron chi connectivity index (χ1n) is 12.3. The number of aryl methyl sites for hydroxylation is 1. The van der Waals surface area contributed by atoms with E-state index in [9.17, 15) is 18.0 Å². The van der Waals surface area contributed by atoms with E-state index >= 15 is 0 Å². The van der Waals surface area contributed by atoms with E-state index in [4.69, 9.17) is 4.74 Å². The highest BCUT2D eigenvalue weighted by atomic mass is 32.2. The summed E-state index contributed by atoms with van der Waals surface area (Å²) in [5.41, 5.74) is 1.35. The number of likely N-dealkylation sites (N-methyl/N-ethyl adjacent to an activating group) is 1. The van der Waals surface area contributed by atoms with Crippen molar-refractivity contribution in [1.82, 2.24) is 4.31 Å². The number of rotatable bonds is 6. The maximum absolute atomic E-state index is 14.4. The standard InChI is InChI=1S/C30H28N2O5S/c1-5-37-28(33)21(3)27-30(24-13-9-10-14-25(24)31(4)29(30)34)19-26(22-11-7-6-8-12-22)32(27)38(35,36)23-17-15-20(2)16-18-23/h6-19,27H,3,5H2,1-2,4H3/t27-,30+/m1/s1. The maximum Gasteiger partial charge on any atom is 0.335 e. The fraction of sp³-hybridized carbons (Fsp3) is 0.200. The molecule has 2 heterocycles. The van der Waals surface area contributed by atoms with Crippen LogP contribution < -0.4 is 4.90 Å². The number of ether oxygens (including phenoxy) is 1. The van der Waals surface area contributed by atoms with E-state index in [2.05, 4.69) is 6.58 Å². The molecule has 38 heavy (non-hydrogen) atoms. The molecule has 0 aromatic heterocycles. The molecule has 0 unspecified atom stereocenters. The predicted octanol–water partition coefficient (Wildman–Crippen LogP) is 4.44. The van der Waals surface area contributed by atoms with Gasteiger partial charge < -0.3 is 9.64 Å². The van der Waals surface area contributed by atoms with Gasteiger partial charge in [0.05, 0.1) is 28.8 Å². The lowest BCUT2D eigenvalue weighted by atomic mass is 9.74. The summed E-state index contributed by atoms with van der Waals surface area (Å²) >= 11 is 0. The minimum absolute atomic E-state index is 0.0377. The molecule has 0 N–H and O–H groups in total. The van der Waals surface area contributed by atoms with Gasteiger partial charge in [-0.15, -0.1) is 0 Å². The van der Waals surface area contributed by atoms with Crippen LogP contribution in [0.2, 0.25) is 0 Å². The van der Waals surface area contributed by atoms with E-state index < -0.39 is 27.4 Å². The molecule has 3 aromatic carbocycles. The Bertz CT molecular complexity index is 1580. The highest BCUT2D eigenvalue weighted by Crippen LogP contribution is 2.55. The molecule has 0 radical (unpaired) electrons. The van der Waals surface area contributed by atoms with E-state index in [0.29, 0.717) is 22.5 Å². The molecular formula is C30H28N2O5S. The zero-order valence-corrected chi connectivity index (χ0v) is 22.2. The maximum atomic E-state index is 14.4. The van der Waals surface area contributed by atoms with Crippen LogP contribution in [-0.4, -0.2) is 44.3 Å². The van der Waals surface area contributed by atoms with Gasteiger partial charge in [-0.2, -0.15) is 0 Å². The number of amides is 1. The number of fused-ring (bicyclic) bond motifs is 2. The largest absolute Gasteiger partial charge is 0.463 e. The molecule has 0 aliphatic carbocycles. The smallest absolute Gasteiger partial charge is 0.335 e. The van der Waals surface area contributed by atoms with Crippen molar-refractivity contribution in [2.45, 2.75) is 30.2 Å². The van der Waals surface area contributed by atoms with Gasteiger partial charge in [0, 0.05) is 12.7 Å². The second kappa shape index (κ2) is 9.29. The van der Waals surface area contributed by atoms with Crippen LogP contribution in [0.5, 0.6) is 0 Å². The zero-order chi connectivity index (χ0) is 27.2. The highest BCUT2D eigenvalue weighted by Gasteiger charge is 2.63. The molecule has 0 fully saturated rings. The minimum Gasteiger partial charge on any atom is -0.463 e. The van der Waals surface area contributed by atoms with Gasteiger partial charge in [-0.3, -0.25) is 9.10 Å². The number of carbonyl (C=O) groups excluding carboxylic acids is 2. The first-order chi connectivity index (χ1) is 18.1. The second-order valence-corrected chi connectivity index (χ2v) is 11.2. The lowest BCUT2D eigenvalue weighted by molar-refractivity contribution is -0.139. The summed E-state index contributed by atoms with van der Waals surface area (Å²) in [5.74, 6) is -1.12. The molecule has 194 valence electrons.